The Balaban J connectivity index is 2.17. The van der Waals surface area contributed by atoms with Crippen LogP contribution in [0.4, 0.5) is 0 Å². The molecule has 0 radical (unpaired) electrons. The lowest BCUT2D eigenvalue weighted by molar-refractivity contribution is -0.120. The molecule has 1 amide bonds. The molecular formula is C12H19N3O. The molecule has 0 bridgehead atoms. The summed E-state index contributed by atoms with van der Waals surface area (Å²) in [5.74, 6) is 0.0740. The first-order valence-electron chi connectivity index (χ1n) is 5.49. The third-order valence-corrected chi connectivity index (χ3v) is 2.22. The van der Waals surface area contributed by atoms with Crippen molar-refractivity contribution in [3.8, 4) is 0 Å². The van der Waals surface area contributed by atoms with Gasteiger partial charge >= 0.3 is 0 Å². The summed E-state index contributed by atoms with van der Waals surface area (Å²) >= 11 is 0. The molecule has 1 rings (SSSR count). The van der Waals surface area contributed by atoms with Crippen LogP contribution in [-0.4, -0.2) is 43.0 Å². The Morgan fingerprint density at radius 1 is 1.38 bits per heavy atom. The molecule has 0 aliphatic heterocycles. The molecule has 88 valence electrons. The zero-order valence-corrected chi connectivity index (χ0v) is 9.94. The summed E-state index contributed by atoms with van der Waals surface area (Å²) in [5, 5.41) is 2.90. The topological polar surface area (TPSA) is 45.2 Å². The van der Waals surface area contributed by atoms with Crippen LogP contribution in [0.3, 0.4) is 0 Å². The number of hydrogen-bond acceptors (Lipinski definition) is 3. The van der Waals surface area contributed by atoms with Gasteiger partial charge in [-0.3, -0.25) is 9.78 Å². The molecule has 1 heterocycles. The lowest BCUT2D eigenvalue weighted by atomic mass is 10.2. The van der Waals surface area contributed by atoms with Gasteiger partial charge in [0.15, 0.2) is 0 Å². The van der Waals surface area contributed by atoms with Crippen LogP contribution < -0.4 is 5.32 Å². The van der Waals surface area contributed by atoms with Crippen LogP contribution in [0.15, 0.2) is 24.5 Å². The lowest BCUT2D eigenvalue weighted by Crippen LogP contribution is -2.28. The standard InChI is InChI=1S/C12H19N3O/c1-15(2)9-3-6-14-12(16)10-11-4-7-13-8-5-11/h4-5,7-8H,3,6,9-10H2,1-2H3,(H,14,16). The normalized spacial score (nSPS) is 10.4. The third-order valence-electron chi connectivity index (χ3n) is 2.22. The second-order valence-electron chi connectivity index (χ2n) is 4.04. The van der Waals surface area contributed by atoms with Crippen molar-refractivity contribution in [2.75, 3.05) is 27.2 Å². The molecular weight excluding hydrogens is 202 g/mol. The number of nitrogens with zero attached hydrogens (tertiary/aromatic N) is 2. The van der Waals surface area contributed by atoms with Crippen LogP contribution >= 0.6 is 0 Å². The Morgan fingerprint density at radius 2 is 2.06 bits per heavy atom. The molecule has 0 saturated heterocycles. The van der Waals surface area contributed by atoms with Crippen molar-refractivity contribution in [3.05, 3.63) is 30.1 Å². The van der Waals surface area contributed by atoms with Gasteiger partial charge in [-0.15, -0.1) is 0 Å². The van der Waals surface area contributed by atoms with Crippen molar-refractivity contribution >= 4 is 5.91 Å². The van der Waals surface area contributed by atoms with E-state index in [4.69, 9.17) is 0 Å². The highest BCUT2D eigenvalue weighted by atomic mass is 16.1. The van der Waals surface area contributed by atoms with Crippen molar-refractivity contribution in [2.45, 2.75) is 12.8 Å². The molecule has 0 atom stereocenters. The average molecular weight is 221 g/mol. The van der Waals surface area contributed by atoms with Crippen molar-refractivity contribution in [1.82, 2.24) is 15.2 Å². The summed E-state index contributed by atoms with van der Waals surface area (Å²) in [6, 6.07) is 3.72. The van der Waals surface area contributed by atoms with E-state index in [1.807, 2.05) is 26.2 Å². The van der Waals surface area contributed by atoms with Crippen molar-refractivity contribution in [2.24, 2.45) is 0 Å². The van der Waals surface area contributed by atoms with Gasteiger partial charge in [0.2, 0.25) is 5.91 Å². The number of rotatable bonds is 6. The molecule has 0 aliphatic carbocycles. The maximum absolute atomic E-state index is 11.5. The molecule has 16 heavy (non-hydrogen) atoms. The van der Waals surface area contributed by atoms with E-state index in [9.17, 15) is 4.79 Å². The Bertz CT molecular complexity index is 311. The van der Waals surface area contributed by atoms with E-state index in [1.54, 1.807) is 12.4 Å². The van der Waals surface area contributed by atoms with E-state index in [-0.39, 0.29) is 5.91 Å². The maximum Gasteiger partial charge on any atom is 0.224 e. The van der Waals surface area contributed by atoms with Gasteiger partial charge in [0.05, 0.1) is 6.42 Å². The zero-order chi connectivity index (χ0) is 11.8. The Labute approximate surface area is 96.7 Å². The predicted octanol–water partition coefficient (Wildman–Crippen LogP) is 0.692. The molecule has 4 nitrogen and oxygen atoms in total. The SMILES string of the molecule is CN(C)CCCNC(=O)Cc1ccncc1. The maximum atomic E-state index is 11.5. The Hall–Kier alpha value is -1.42. The summed E-state index contributed by atoms with van der Waals surface area (Å²) in [6.45, 7) is 1.73. The lowest BCUT2D eigenvalue weighted by Gasteiger charge is -2.09. The third kappa shape index (κ3) is 5.46. The number of aromatic nitrogens is 1. The van der Waals surface area contributed by atoms with Crippen LogP contribution in [0, 0.1) is 0 Å². The van der Waals surface area contributed by atoms with Crippen molar-refractivity contribution in [1.29, 1.82) is 0 Å². The van der Waals surface area contributed by atoms with Gasteiger partial charge in [0, 0.05) is 18.9 Å². The molecule has 0 unspecified atom stereocenters. The second-order valence-corrected chi connectivity index (χ2v) is 4.04. The summed E-state index contributed by atoms with van der Waals surface area (Å²) in [4.78, 5) is 17.5. The highest BCUT2D eigenvalue weighted by Gasteiger charge is 2.01. The van der Waals surface area contributed by atoms with Gasteiger partial charge in [-0.05, 0) is 44.8 Å². The summed E-state index contributed by atoms with van der Waals surface area (Å²) in [6.07, 6.45) is 4.82. The van der Waals surface area contributed by atoms with Crippen LogP contribution in [0.5, 0.6) is 0 Å². The average Bonchev–Trinajstić information content (AvgIpc) is 2.25. The van der Waals surface area contributed by atoms with Gasteiger partial charge < -0.3 is 10.2 Å². The van der Waals surface area contributed by atoms with E-state index in [2.05, 4.69) is 15.2 Å². The number of nitrogens with one attached hydrogen (secondary N) is 1. The molecule has 0 aromatic carbocycles. The minimum Gasteiger partial charge on any atom is -0.356 e. The second kappa shape index (κ2) is 6.95. The van der Waals surface area contributed by atoms with Crippen LogP contribution in [-0.2, 0) is 11.2 Å². The minimum atomic E-state index is 0.0740. The molecule has 4 heteroatoms. The fourth-order valence-corrected chi connectivity index (χ4v) is 1.37. The first-order chi connectivity index (χ1) is 7.68. The quantitative estimate of drug-likeness (QED) is 0.719. The Morgan fingerprint density at radius 3 is 2.69 bits per heavy atom. The molecule has 0 saturated carbocycles. The minimum absolute atomic E-state index is 0.0740. The monoisotopic (exact) mass is 221 g/mol. The van der Waals surface area contributed by atoms with Crippen molar-refractivity contribution < 1.29 is 4.79 Å². The smallest absolute Gasteiger partial charge is 0.224 e. The van der Waals surface area contributed by atoms with Gasteiger partial charge in [-0.2, -0.15) is 0 Å². The molecule has 0 spiro atoms. The fourth-order valence-electron chi connectivity index (χ4n) is 1.37. The Kier molecular flexibility index (Phi) is 5.50. The molecule has 0 aliphatic rings. The van der Waals surface area contributed by atoms with Gasteiger partial charge in [-0.1, -0.05) is 0 Å². The van der Waals surface area contributed by atoms with Crippen molar-refractivity contribution in [3.63, 3.8) is 0 Å². The fraction of sp³-hybridized carbons (Fsp3) is 0.500. The van der Waals surface area contributed by atoms with Gasteiger partial charge in [-0.25, -0.2) is 0 Å². The highest BCUT2D eigenvalue weighted by Crippen LogP contribution is 1.96. The van der Waals surface area contributed by atoms with Gasteiger partial charge in [0.25, 0.3) is 0 Å². The van der Waals surface area contributed by atoms with E-state index in [0.29, 0.717) is 6.42 Å². The number of hydrogen-bond donors (Lipinski definition) is 1. The first-order valence-corrected chi connectivity index (χ1v) is 5.49. The highest BCUT2D eigenvalue weighted by molar-refractivity contribution is 5.78. The van der Waals surface area contributed by atoms with E-state index >= 15 is 0 Å². The molecule has 1 aromatic rings. The summed E-state index contributed by atoms with van der Waals surface area (Å²) < 4.78 is 0. The molecule has 0 fully saturated rings. The largest absolute Gasteiger partial charge is 0.356 e. The summed E-state index contributed by atoms with van der Waals surface area (Å²) in [5.41, 5.74) is 1.00. The van der Waals surface area contributed by atoms with E-state index < -0.39 is 0 Å². The van der Waals surface area contributed by atoms with Crippen LogP contribution in [0.1, 0.15) is 12.0 Å². The number of pyridine rings is 1. The molecule has 1 aromatic heterocycles. The number of carbonyl (C=O) groups is 1. The zero-order valence-electron chi connectivity index (χ0n) is 9.94. The number of carbonyl (C=O) groups excluding carboxylic acids is 1. The van der Waals surface area contributed by atoms with Crippen LogP contribution in [0.2, 0.25) is 0 Å². The van der Waals surface area contributed by atoms with E-state index in [1.165, 1.54) is 0 Å². The van der Waals surface area contributed by atoms with Crippen LogP contribution in [0.25, 0.3) is 0 Å². The van der Waals surface area contributed by atoms with E-state index in [0.717, 1.165) is 25.1 Å². The van der Waals surface area contributed by atoms with Gasteiger partial charge in [0.1, 0.15) is 0 Å². The summed E-state index contributed by atoms with van der Waals surface area (Å²) in [7, 11) is 4.05. The predicted molar refractivity (Wildman–Crippen MR) is 64.1 cm³/mol. The first kappa shape index (κ1) is 12.6. The molecule has 1 N–H and O–H groups in total. The number of amides is 1.